The Morgan fingerprint density at radius 1 is 1.57 bits per heavy atom. The van der Waals surface area contributed by atoms with Gasteiger partial charge in [0.15, 0.2) is 0 Å². The number of thioether (sulfide) groups is 1. The summed E-state index contributed by atoms with van der Waals surface area (Å²) >= 11 is 2.09. The molecule has 0 aromatic rings. The molecule has 1 unspecified atom stereocenters. The van der Waals surface area contributed by atoms with Crippen molar-refractivity contribution in [3.05, 3.63) is 11.6 Å². The first-order valence-electron chi connectivity index (χ1n) is 5.64. The lowest BCUT2D eigenvalue weighted by molar-refractivity contribution is 0.570. The number of allylic oxidation sites excluding steroid dienone is 1. The number of rotatable bonds is 5. The van der Waals surface area contributed by atoms with Crippen LogP contribution in [0.1, 0.15) is 27.2 Å². The Morgan fingerprint density at radius 2 is 2.36 bits per heavy atom. The van der Waals surface area contributed by atoms with Crippen LogP contribution in [-0.2, 0) is 0 Å². The normalized spacial score (nSPS) is 23.4. The van der Waals surface area contributed by atoms with Crippen LogP contribution in [0, 0.1) is 11.8 Å². The lowest BCUT2D eigenvalue weighted by atomic mass is 10.1. The molecular formula is C12H23NS. The Labute approximate surface area is 92.7 Å². The topological polar surface area (TPSA) is 12.0 Å². The number of nitrogens with one attached hydrogen (secondary N) is 1. The highest BCUT2D eigenvalue weighted by Crippen LogP contribution is 2.25. The molecule has 1 aliphatic heterocycles. The van der Waals surface area contributed by atoms with Crippen molar-refractivity contribution in [1.29, 1.82) is 0 Å². The summed E-state index contributed by atoms with van der Waals surface area (Å²) < 4.78 is 0. The average Bonchev–Trinajstić information content (AvgIpc) is 2.56. The van der Waals surface area contributed by atoms with Crippen LogP contribution in [0.25, 0.3) is 0 Å². The Bertz CT molecular complexity index is 181. The lowest BCUT2D eigenvalue weighted by Crippen LogP contribution is -2.21. The van der Waals surface area contributed by atoms with Crippen LogP contribution in [0.5, 0.6) is 0 Å². The quantitative estimate of drug-likeness (QED) is 0.705. The van der Waals surface area contributed by atoms with Crippen molar-refractivity contribution >= 4 is 11.8 Å². The summed E-state index contributed by atoms with van der Waals surface area (Å²) in [5.74, 6) is 4.29. The zero-order valence-electron chi connectivity index (χ0n) is 9.68. The molecule has 0 aromatic carbocycles. The molecule has 1 rings (SSSR count). The van der Waals surface area contributed by atoms with Gasteiger partial charge >= 0.3 is 0 Å². The fourth-order valence-electron chi connectivity index (χ4n) is 1.70. The molecule has 0 spiro atoms. The van der Waals surface area contributed by atoms with Gasteiger partial charge in [0, 0.05) is 6.54 Å². The van der Waals surface area contributed by atoms with Crippen LogP contribution in [0.2, 0.25) is 0 Å². The first-order valence-corrected chi connectivity index (χ1v) is 6.79. The maximum atomic E-state index is 3.48. The van der Waals surface area contributed by atoms with Crippen molar-refractivity contribution in [3.63, 3.8) is 0 Å². The fraction of sp³-hybridized carbons (Fsp3) is 0.833. The zero-order chi connectivity index (χ0) is 10.4. The van der Waals surface area contributed by atoms with Gasteiger partial charge in [0.1, 0.15) is 0 Å². The SMILES string of the molecule is CC(=CC1CCSC1)CNCC(C)C. The van der Waals surface area contributed by atoms with Crippen molar-refractivity contribution in [2.75, 3.05) is 24.6 Å². The molecule has 0 saturated carbocycles. The maximum Gasteiger partial charge on any atom is 0.0162 e. The highest BCUT2D eigenvalue weighted by Gasteiger charge is 2.12. The maximum absolute atomic E-state index is 3.48. The molecule has 0 amide bonds. The predicted molar refractivity (Wildman–Crippen MR) is 66.9 cm³/mol. The van der Waals surface area contributed by atoms with Crippen molar-refractivity contribution in [3.8, 4) is 0 Å². The van der Waals surface area contributed by atoms with Crippen molar-refractivity contribution in [1.82, 2.24) is 5.32 Å². The molecule has 1 fully saturated rings. The Morgan fingerprint density at radius 3 is 2.93 bits per heavy atom. The first-order chi connectivity index (χ1) is 6.68. The van der Waals surface area contributed by atoms with E-state index in [9.17, 15) is 0 Å². The summed E-state index contributed by atoms with van der Waals surface area (Å²) in [6.07, 6.45) is 3.85. The van der Waals surface area contributed by atoms with E-state index in [1.165, 1.54) is 23.5 Å². The smallest absolute Gasteiger partial charge is 0.0162 e. The monoisotopic (exact) mass is 213 g/mol. The third-order valence-electron chi connectivity index (χ3n) is 2.44. The summed E-state index contributed by atoms with van der Waals surface area (Å²) in [6.45, 7) is 8.94. The van der Waals surface area contributed by atoms with Gasteiger partial charge in [-0.2, -0.15) is 11.8 Å². The molecule has 1 nitrogen and oxygen atoms in total. The van der Waals surface area contributed by atoms with Crippen LogP contribution in [0.15, 0.2) is 11.6 Å². The van der Waals surface area contributed by atoms with Crippen molar-refractivity contribution < 1.29 is 0 Å². The third-order valence-corrected chi connectivity index (χ3v) is 3.63. The average molecular weight is 213 g/mol. The van der Waals surface area contributed by atoms with Crippen LogP contribution in [0.4, 0.5) is 0 Å². The van der Waals surface area contributed by atoms with Gasteiger partial charge in [0.25, 0.3) is 0 Å². The first kappa shape index (κ1) is 12.1. The standard InChI is InChI=1S/C12H23NS/c1-10(2)7-13-8-11(3)6-12-4-5-14-9-12/h6,10,12-13H,4-5,7-9H2,1-3H3. The van der Waals surface area contributed by atoms with Gasteiger partial charge in [-0.25, -0.2) is 0 Å². The third kappa shape index (κ3) is 5.06. The Balaban J connectivity index is 2.16. The van der Waals surface area contributed by atoms with E-state index < -0.39 is 0 Å². The summed E-state index contributed by atoms with van der Waals surface area (Å²) in [4.78, 5) is 0. The fourth-order valence-corrected chi connectivity index (χ4v) is 2.91. The molecule has 1 atom stereocenters. The highest BCUT2D eigenvalue weighted by molar-refractivity contribution is 7.99. The van der Waals surface area contributed by atoms with Crippen LogP contribution in [0.3, 0.4) is 0 Å². The summed E-state index contributed by atoms with van der Waals surface area (Å²) in [5.41, 5.74) is 1.51. The molecule has 14 heavy (non-hydrogen) atoms. The van der Waals surface area contributed by atoms with E-state index in [1.807, 2.05) is 0 Å². The minimum Gasteiger partial charge on any atom is -0.313 e. The molecule has 0 aliphatic carbocycles. The highest BCUT2D eigenvalue weighted by atomic mass is 32.2. The Kier molecular flexibility index (Phi) is 5.64. The van der Waals surface area contributed by atoms with Crippen LogP contribution in [-0.4, -0.2) is 24.6 Å². The molecule has 82 valence electrons. The van der Waals surface area contributed by atoms with E-state index in [4.69, 9.17) is 0 Å². The van der Waals surface area contributed by atoms with Crippen molar-refractivity contribution in [2.24, 2.45) is 11.8 Å². The summed E-state index contributed by atoms with van der Waals surface area (Å²) in [7, 11) is 0. The van der Waals surface area contributed by atoms with Gasteiger partial charge in [-0.3, -0.25) is 0 Å². The van der Waals surface area contributed by atoms with Gasteiger partial charge < -0.3 is 5.32 Å². The molecule has 1 heterocycles. The van der Waals surface area contributed by atoms with E-state index in [-0.39, 0.29) is 0 Å². The number of hydrogen-bond donors (Lipinski definition) is 1. The second-order valence-corrected chi connectivity index (χ2v) is 5.81. The van der Waals surface area contributed by atoms with Gasteiger partial charge in [0.05, 0.1) is 0 Å². The van der Waals surface area contributed by atoms with E-state index in [1.54, 1.807) is 0 Å². The molecule has 1 aliphatic rings. The second-order valence-electron chi connectivity index (χ2n) is 4.66. The largest absolute Gasteiger partial charge is 0.313 e. The zero-order valence-corrected chi connectivity index (χ0v) is 10.5. The second kappa shape index (κ2) is 6.52. The van der Waals surface area contributed by atoms with Gasteiger partial charge in [-0.15, -0.1) is 0 Å². The van der Waals surface area contributed by atoms with Crippen molar-refractivity contribution in [2.45, 2.75) is 27.2 Å². The van der Waals surface area contributed by atoms with Gasteiger partial charge in [0.2, 0.25) is 0 Å². The molecule has 0 bridgehead atoms. The van der Waals surface area contributed by atoms with E-state index in [2.05, 4.69) is 43.9 Å². The van der Waals surface area contributed by atoms with E-state index >= 15 is 0 Å². The Hall–Kier alpha value is 0.0500. The lowest BCUT2D eigenvalue weighted by Gasteiger charge is -2.09. The minimum atomic E-state index is 0.754. The summed E-state index contributed by atoms with van der Waals surface area (Å²) in [5, 5.41) is 3.48. The predicted octanol–water partition coefficient (Wildman–Crippen LogP) is 2.93. The molecule has 0 aromatic heterocycles. The molecule has 1 saturated heterocycles. The molecular weight excluding hydrogens is 190 g/mol. The minimum absolute atomic E-state index is 0.754. The van der Waals surface area contributed by atoms with Gasteiger partial charge in [-0.1, -0.05) is 25.5 Å². The summed E-state index contributed by atoms with van der Waals surface area (Å²) in [6, 6.07) is 0. The van der Waals surface area contributed by atoms with Crippen LogP contribution < -0.4 is 5.32 Å². The van der Waals surface area contributed by atoms with Crippen LogP contribution >= 0.6 is 11.8 Å². The van der Waals surface area contributed by atoms with E-state index in [0.717, 1.165) is 24.9 Å². The molecule has 0 radical (unpaired) electrons. The van der Waals surface area contributed by atoms with Gasteiger partial charge in [-0.05, 0) is 43.2 Å². The molecule has 2 heteroatoms. The van der Waals surface area contributed by atoms with E-state index in [0.29, 0.717) is 0 Å². The molecule has 1 N–H and O–H groups in total. The number of hydrogen-bond acceptors (Lipinski definition) is 2.